The van der Waals surface area contributed by atoms with Gasteiger partial charge in [-0.05, 0) is 24.5 Å². The fourth-order valence-electron chi connectivity index (χ4n) is 1.32. The predicted molar refractivity (Wildman–Crippen MR) is 65.1 cm³/mol. The summed E-state index contributed by atoms with van der Waals surface area (Å²) in [5, 5.41) is 15.3. The van der Waals surface area contributed by atoms with Crippen LogP contribution in [0, 0.1) is 0 Å². The van der Waals surface area contributed by atoms with E-state index in [4.69, 9.17) is 5.11 Å². The zero-order chi connectivity index (χ0) is 12.8. The molecule has 1 aromatic rings. The molecule has 0 fully saturated rings. The number of nitrogens with one attached hydrogen (secondary N) is 1. The second kappa shape index (κ2) is 6.29. The van der Waals surface area contributed by atoms with E-state index in [0.29, 0.717) is 17.9 Å². The molecule has 1 aromatic heterocycles. The van der Waals surface area contributed by atoms with E-state index in [0.717, 1.165) is 0 Å². The largest absolute Gasteiger partial charge is 0.480 e. The van der Waals surface area contributed by atoms with Crippen LogP contribution in [-0.4, -0.2) is 44.8 Å². The average molecular weight is 257 g/mol. The minimum atomic E-state index is -1.02. The highest BCUT2D eigenvalue weighted by Crippen LogP contribution is 2.03. The Balaban J connectivity index is 2.64. The number of amides is 1. The molecule has 1 amide bonds. The van der Waals surface area contributed by atoms with E-state index in [9.17, 15) is 9.59 Å². The molecule has 0 bridgehead atoms. The molecule has 1 rings (SSSR count). The maximum absolute atomic E-state index is 11.8. The van der Waals surface area contributed by atoms with Gasteiger partial charge < -0.3 is 10.4 Å². The molecule has 17 heavy (non-hydrogen) atoms. The van der Waals surface area contributed by atoms with Gasteiger partial charge in [0.05, 0.1) is 0 Å². The molecule has 0 aromatic carbocycles. The Hall–Kier alpha value is -1.50. The zero-order valence-corrected chi connectivity index (χ0v) is 10.5. The summed E-state index contributed by atoms with van der Waals surface area (Å²) in [6.07, 6.45) is 3.79. The number of carboxylic acids is 1. The molecule has 0 aliphatic rings. The van der Waals surface area contributed by atoms with Crippen LogP contribution in [0.15, 0.2) is 12.3 Å². The Labute approximate surface area is 103 Å². The fourth-order valence-corrected chi connectivity index (χ4v) is 1.79. The van der Waals surface area contributed by atoms with E-state index < -0.39 is 17.9 Å². The molecular weight excluding hydrogens is 242 g/mol. The lowest BCUT2D eigenvalue weighted by atomic mass is 10.2. The molecule has 94 valence electrons. The summed E-state index contributed by atoms with van der Waals surface area (Å²) in [6.45, 7) is 0. The number of carboxylic acid groups (broad SMARTS) is 1. The van der Waals surface area contributed by atoms with Crippen molar-refractivity contribution in [3.63, 3.8) is 0 Å². The SMILES string of the molecule is CSCCC(NC(=O)c1ccnn1C)C(=O)O. The van der Waals surface area contributed by atoms with Crippen molar-refractivity contribution in [3.8, 4) is 0 Å². The van der Waals surface area contributed by atoms with Gasteiger partial charge in [-0.25, -0.2) is 4.79 Å². The van der Waals surface area contributed by atoms with Crippen LogP contribution in [0.3, 0.4) is 0 Å². The van der Waals surface area contributed by atoms with Gasteiger partial charge in [0.15, 0.2) is 0 Å². The lowest BCUT2D eigenvalue weighted by molar-refractivity contribution is -0.139. The van der Waals surface area contributed by atoms with Crippen LogP contribution in [-0.2, 0) is 11.8 Å². The first-order valence-corrected chi connectivity index (χ1v) is 6.46. The third kappa shape index (κ3) is 3.77. The first-order valence-electron chi connectivity index (χ1n) is 5.07. The first-order chi connectivity index (χ1) is 8.06. The minimum Gasteiger partial charge on any atom is -0.480 e. The van der Waals surface area contributed by atoms with Crippen molar-refractivity contribution in [2.75, 3.05) is 12.0 Å². The number of hydrogen-bond donors (Lipinski definition) is 2. The van der Waals surface area contributed by atoms with E-state index in [2.05, 4.69) is 10.4 Å². The number of thioether (sulfide) groups is 1. The van der Waals surface area contributed by atoms with Crippen molar-refractivity contribution in [2.45, 2.75) is 12.5 Å². The molecule has 1 heterocycles. The van der Waals surface area contributed by atoms with Crippen molar-refractivity contribution in [3.05, 3.63) is 18.0 Å². The molecule has 1 atom stereocenters. The Morgan fingerprint density at radius 2 is 2.35 bits per heavy atom. The van der Waals surface area contributed by atoms with Crippen LogP contribution >= 0.6 is 11.8 Å². The Morgan fingerprint density at radius 1 is 1.65 bits per heavy atom. The Bertz CT molecular complexity index is 405. The van der Waals surface area contributed by atoms with Gasteiger partial charge in [-0.3, -0.25) is 9.48 Å². The molecule has 0 spiro atoms. The molecule has 7 heteroatoms. The molecule has 0 saturated heterocycles. The van der Waals surface area contributed by atoms with E-state index in [1.807, 2.05) is 6.26 Å². The van der Waals surface area contributed by atoms with E-state index >= 15 is 0 Å². The maximum atomic E-state index is 11.8. The van der Waals surface area contributed by atoms with E-state index in [1.54, 1.807) is 24.9 Å². The summed E-state index contributed by atoms with van der Waals surface area (Å²) < 4.78 is 1.41. The van der Waals surface area contributed by atoms with Crippen LogP contribution in [0.5, 0.6) is 0 Å². The number of nitrogens with zero attached hydrogens (tertiary/aromatic N) is 2. The van der Waals surface area contributed by atoms with Gasteiger partial charge in [0.25, 0.3) is 5.91 Å². The van der Waals surface area contributed by atoms with Gasteiger partial charge in [-0.2, -0.15) is 16.9 Å². The van der Waals surface area contributed by atoms with Crippen molar-refractivity contribution in [1.82, 2.24) is 15.1 Å². The number of aryl methyl sites for hydroxylation is 1. The Morgan fingerprint density at radius 3 is 2.82 bits per heavy atom. The lowest BCUT2D eigenvalue weighted by Gasteiger charge is -2.13. The topological polar surface area (TPSA) is 84.2 Å². The van der Waals surface area contributed by atoms with Crippen LogP contribution in [0.1, 0.15) is 16.9 Å². The normalized spacial score (nSPS) is 12.1. The monoisotopic (exact) mass is 257 g/mol. The molecule has 6 nitrogen and oxygen atoms in total. The molecular formula is C10H15N3O3S. The second-order valence-corrected chi connectivity index (χ2v) is 4.47. The zero-order valence-electron chi connectivity index (χ0n) is 9.71. The van der Waals surface area contributed by atoms with Gasteiger partial charge in [0.1, 0.15) is 11.7 Å². The highest BCUT2D eigenvalue weighted by molar-refractivity contribution is 7.98. The molecule has 0 aliphatic heterocycles. The maximum Gasteiger partial charge on any atom is 0.326 e. The third-order valence-corrected chi connectivity index (χ3v) is 2.91. The highest BCUT2D eigenvalue weighted by atomic mass is 32.2. The van der Waals surface area contributed by atoms with Gasteiger partial charge >= 0.3 is 5.97 Å². The second-order valence-electron chi connectivity index (χ2n) is 3.49. The summed E-state index contributed by atoms with van der Waals surface area (Å²) in [7, 11) is 1.63. The minimum absolute atomic E-state index is 0.348. The lowest BCUT2D eigenvalue weighted by Crippen LogP contribution is -2.41. The van der Waals surface area contributed by atoms with Crippen molar-refractivity contribution >= 4 is 23.6 Å². The first kappa shape index (κ1) is 13.6. The summed E-state index contributed by atoms with van der Waals surface area (Å²) in [4.78, 5) is 22.7. The quantitative estimate of drug-likeness (QED) is 0.768. The van der Waals surface area contributed by atoms with Crippen molar-refractivity contribution in [1.29, 1.82) is 0 Å². The summed E-state index contributed by atoms with van der Waals surface area (Å²) in [6, 6.07) is 0.688. The third-order valence-electron chi connectivity index (χ3n) is 2.27. The van der Waals surface area contributed by atoms with Gasteiger partial charge in [0.2, 0.25) is 0 Å². The number of aliphatic carboxylic acids is 1. The number of carbonyl (C=O) groups is 2. The fraction of sp³-hybridized carbons (Fsp3) is 0.500. The molecule has 1 unspecified atom stereocenters. The number of hydrogen-bond acceptors (Lipinski definition) is 4. The highest BCUT2D eigenvalue weighted by Gasteiger charge is 2.21. The molecule has 2 N–H and O–H groups in total. The number of rotatable bonds is 6. The summed E-state index contributed by atoms with van der Waals surface area (Å²) in [5.74, 6) is -0.754. The van der Waals surface area contributed by atoms with Crippen molar-refractivity contribution < 1.29 is 14.7 Å². The van der Waals surface area contributed by atoms with Crippen molar-refractivity contribution in [2.24, 2.45) is 7.05 Å². The summed E-state index contributed by atoms with van der Waals surface area (Å²) in [5.41, 5.74) is 0.348. The van der Waals surface area contributed by atoms with Gasteiger partial charge in [0, 0.05) is 13.2 Å². The van der Waals surface area contributed by atoms with Crippen LogP contribution < -0.4 is 5.32 Å². The van der Waals surface area contributed by atoms with Gasteiger partial charge in [-0.15, -0.1) is 0 Å². The van der Waals surface area contributed by atoms with Crippen LogP contribution in [0.2, 0.25) is 0 Å². The molecule has 0 saturated carbocycles. The smallest absolute Gasteiger partial charge is 0.326 e. The van der Waals surface area contributed by atoms with E-state index in [-0.39, 0.29) is 0 Å². The summed E-state index contributed by atoms with van der Waals surface area (Å²) >= 11 is 1.54. The molecule has 0 radical (unpaired) electrons. The standard InChI is InChI=1S/C10H15N3O3S/c1-13-8(3-5-11-13)9(14)12-7(10(15)16)4-6-17-2/h3,5,7H,4,6H2,1-2H3,(H,12,14)(H,15,16). The molecule has 0 aliphatic carbocycles. The number of aromatic nitrogens is 2. The number of carbonyl (C=O) groups excluding carboxylic acids is 1. The van der Waals surface area contributed by atoms with Crippen LogP contribution in [0.4, 0.5) is 0 Å². The van der Waals surface area contributed by atoms with Gasteiger partial charge in [-0.1, -0.05) is 0 Å². The van der Waals surface area contributed by atoms with E-state index in [1.165, 1.54) is 10.9 Å². The predicted octanol–water partition coefficient (Wildman–Crippen LogP) is 0.356. The Kier molecular flexibility index (Phi) is 5.02. The van der Waals surface area contributed by atoms with Crippen LogP contribution in [0.25, 0.3) is 0 Å². The average Bonchev–Trinajstić information content (AvgIpc) is 2.70.